The Morgan fingerprint density at radius 1 is 1.08 bits per heavy atom. The summed E-state index contributed by atoms with van der Waals surface area (Å²) in [6, 6.07) is 0.128. The highest BCUT2D eigenvalue weighted by Gasteiger charge is 2.45. The van der Waals surface area contributed by atoms with Gasteiger partial charge in [-0.05, 0) is 58.5 Å². The Hall–Kier alpha value is -0.650. The Morgan fingerprint density at radius 3 is 2.52 bits per heavy atom. The second-order valence-corrected chi connectivity index (χ2v) is 8.47. The molecule has 0 aromatic carbocycles. The predicted molar refractivity (Wildman–Crippen MR) is 96.2 cm³/mol. The predicted octanol–water partition coefficient (Wildman–Crippen LogP) is 3.36. The van der Waals surface area contributed by atoms with Crippen molar-refractivity contribution in [3.05, 3.63) is 0 Å². The molecule has 0 N–H and O–H groups in total. The molecule has 7 unspecified atom stereocenters. The molecule has 1 heterocycles. The molecule has 5 nitrogen and oxygen atoms in total. The van der Waals surface area contributed by atoms with Crippen molar-refractivity contribution >= 4 is 5.97 Å². The fourth-order valence-corrected chi connectivity index (χ4v) is 5.18. The lowest BCUT2D eigenvalue weighted by Gasteiger charge is -2.47. The summed E-state index contributed by atoms with van der Waals surface area (Å²) in [4.78, 5) is 13.8. The number of likely N-dealkylation sites (N-methyl/N-ethyl adjacent to an activating group) is 1. The van der Waals surface area contributed by atoms with E-state index in [1.54, 1.807) is 0 Å². The number of esters is 1. The van der Waals surface area contributed by atoms with Crippen molar-refractivity contribution in [2.75, 3.05) is 14.1 Å². The third kappa shape index (κ3) is 4.55. The minimum Gasteiger partial charge on any atom is -0.455 e. The van der Waals surface area contributed by atoms with E-state index in [9.17, 15) is 4.79 Å². The molecule has 1 saturated heterocycles. The molecule has 0 amide bonds. The van der Waals surface area contributed by atoms with Crippen LogP contribution < -0.4 is 0 Å². The van der Waals surface area contributed by atoms with Crippen LogP contribution in [0.1, 0.15) is 65.2 Å². The fourth-order valence-electron chi connectivity index (χ4n) is 5.18. The number of fused-ring (bicyclic) bond motifs is 1. The summed E-state index contributed by atoms with van der Waals surface area (Å²) >= 11 is 0. The fraction of sp³-hybridized carbons (Fsp3) is 0.950. The minimum absolute atomic E-state index is 0.106. The van der Waals surface area contributed by atoms with E-state index in [1.165, 1.54) is 45.4 Å². The third-order valence-electron chi connectivity index (χ3n) is 6.37. The third-order valence-corrected chi connectivity index (χ3v) is 6.37. The van der Waals surface area contributed by atoms with E-state index in [0.29, 0.717) is 5.92 Å². The summed E-state index contributed by atoms with van der Waals surface area (Å²) in [7, 11) is 4.07. The van der Waals surface area contributed by atoms with Crippen LogP contribution in [0.25, 0.3) is 0 Å². The van der Waals surface area contributed by atoms with E-state index in [2.05, 4.69) is 11.8 Å². The average molecular weight is 354 g/mol. The van der Waals surface area contributed by atoms with Gasteiger partial charge in [0.25, 0.3) is 0 Å². The molecular weight excluding hydrogens is 318 g/mol. The van der Waals surface area contributed by atoms with Crippen LogP contribution in [0, 0.1) is 11.8 Å². The number of carbonyl (C=O) groups is 1. The summed E-state index contributed by atoms with van der Waals surface area (Å²) in [6.07, 6.45) is 9.39. The van der Waals surface area contributed by atoms with Gasteiger partial charge in [0.05, 0.1) is 18.2 Å². The van der Waals surface area contributed by atoms with Gasteiger partial charge in [0.2, 0.25) is 0 Å². The topological polar surface area (TPSA) is 48.0 Å². The highest BCUT2D eigenvalue weighted by Crippen LogP contribution is 2.43. The van der Waals surface area contributed by atoms with Crippen LogP contribution >= 0.6 is 0 Å². The van der Waals surface area contributed by atoms with E-state index in [1.807, 2.05) is 14.1 Å². The van der Waals surface area contributed by atoms with E-state index >= 15 is 0 Å². The first-order valence-corrected chi connectivity index (χ1v) is 10.1. The van der Waals surface area contributed by atoms with Crippen molar-refractivity contribution in [1.29, 1.82) is 0 Å². The average Bonchev–Trinajstić information content (AvgIpc) is 2.56. The summed E-state index contributed by atoms with van der Waals surface area (Å²) in [5.74, 6) is 1.20. The van der Waals surface area contributed by atoms with Crippen molar-refractivity contribution in [3.63, 3.8) is 0 Å². The maximum Gasteiger partial charge on any atom is 0.303 e. The highest BCUT2D eigenvalue weighted by molar-refractivity contribution is 5.66. The first-order chi connectivity index (χ1) is 12.0. The Bertz CT molecular complexity index is 453. The highest BCUT2D eigenvalue weighted by atomic mass is 16.7. The van der Waals surface area contributed by atoms with Crippen LogP contribution in [0.15, 0.2) is 0 Å². The molecular formula is C20H35NO4. The maximum atomic E-state index is 11.7. The molecule has 2 aliphatic carbocycles. The van der Waals surface area contributed by atoms with Crippen LogP contribution in [-0.2, 0) is 19.0 Å². The van der Waals surface area contributed by atoms with Gasteiger partial charge in [-0.1, -0.05) is 25.7 Å². The zero-order valence-electron chi connectivity index (χ0n) is 16.3. The Kier molecular flexibility index (Phi) is 6.39. The van der Waals surface area contributed by atoms with E-state index in [4.69, 9.17) is 14.2 Å². The molecule has 7 atom stereocenters. The van der Waals surface area contributed by atoms with Gasteiger partial charge in [0.1, 0.15) is 0 Å². The van der Waals surface area contributed by atoms with Crippen LogP contribution in [0.2, 0.25) is 0 Å². The largest absolute Gasteiger partial charge is 0.455 e. The van der Waals surface area contributed by atoms with Gasteiger partial charge in [-0.3, -0.25) is 4.79 Å². The number of carbonyl (C=O) groups excluding carboxylic acids is 1. The Labute approximate surface area is 152 Å². The molecule has 1 aliphatic heterocycles. The quantitative estimate of drug-likeness (QED) is 0.725. The lowest BCUT2D eigenvalue weighted by Crippen LogP contribution is -2.57. The van der Waals surface area contributed by atoms with Crippen molar-refractivity contribution in [2.24, 2.45) is 11.8 Å². The maximum absolute atomic E-state index is 11.7. The molecule has 3 rings (SSSR count). The SMILES string of the molecule is CC(=O)OC1C(OC2CCCC3CCCCC32)OC(C)CC1N(C)C. The first-order valence-electron chi connectivity index (χ1n) is 10.1. The molecule has 0 aromatic heterocycles. The van der Waals surface area contributed by atoms with E-state index in [-0.39, 0.29) is 30.3 Å². The molecule has 3 aliphatic rings. The Morgan fingerprint density at radius 2 is 1.80 bits per heavy atom. The Balaban J connectivity index is 1.73. The molecule has 144 valence electrons. The van der Waals surface area contributed by atoms with E-state index < -0.39 is 6.29 Å². The van der Waals surface area contributed by atoms with Gasteiger partial charge in [-0.15, -0.1) is 0 Å². The monoisotopic (exact) mass is 353 g/mol. The van der Waals surface area contributed by atoms with Crippen LogP contribution in [-0.4, -0.2) is 55.6 Å². The van der Waals surface area contributed by atoms with Gasteiger partial charge in [0, 0.05) is 6.92 Å². The van der Waals surface area contributed by atoms with Crippen molar-refractivity contribution in [2.45, 2.75) is 95.9 Å². The van der Waals surface area contributed by atoms with Crippen LogP contribution in [0.5, 0.6) is 0 Å². The number of hydrogen-bond acceptors (Lipinski definition) is 5. The van der Waals surface area contributed by atoms with Crippen molar-refractivity contribution in [1.82, 2.24) is 4.90 Å². The summed E-state index contributed by atoms with van der Waals surface area (Å²) in [5, 5.41) is 0. The molecule has 0 bridgehead atoms. The molecule has 0 radical (unpaired) electrons. The van der Waals surface area contributed by atoms with Gasteiger partial charge in [0.15, 0.2) is 12.4 Å². The lowest BCUT2D eigenvalue weighted by molar-refractivity contribution is -0.283. The lowest BCUT2D eigenvalue weighted by atomic mass is 9.69. The van der Waals surface area contributed by atoms with Gasteiger partial charge in [-0.25, -0.2) is 0 Å². The second-order valence-electron chi connectivity index (χ2n) is 8.47. The summed E-state index contributed by atoms with van der Waals surface area (Å²) in [6.45, 7) is 3.56. The summed E-state index contributed by atoms with van der Waals surface area (Å²) < 4.78 is 18.3. The van der Waals surface area contributed by atoms with Gasteiger partial charge < -0.3 is 19.1 Å². The number of hydrogen-bond donors (Lipinski definition) is 0. The van der Waals surface area contributed by atoms with Crippen molar-refractivity contribution < 1.29 is 19.0 Å². The second kappa shape index (κ2) is 8.36. The number of nitrogens with zero attached hydrogens (tertiary/aromatic N) is 1. The standard InChI is InChI=1S/C20H35NO4/c1-13-12-17(21(3)4)19(24-14(2)22)20(23-13)25-18-11-7-9-15-8-5-6-10-16(15)18/h13,15-20H,5-12H2,1-4H3. The molecule has 2 saturated carbocycles. The van der Waals surface area contributed by atoms with Crippen LogP contribution in [0.4, 0.5) is 0 Å². The van der Waals surface area contributed by atoms with Gasteiger partial charge in [-0.2, -0.15) is 0 Å². The molecule has 0 spiro atoms. The molecule has 3 fully saturated rings. The minimum atomic E-state index is -0.453. The number of rotatable bonds is 4. The zero-order valence-corrected chi connectivity index (χ0v) is 16.3. The van der Waals surface area contributed by atoms with Crippen LogP contribution in [0.3, 0.4) is 0 Å². The molecule has 25 heavy (non-hydrogen) atoms. The molecule has 5 heteroatoms. The zero-order chi connectivity index (χ0) is 18.0. The smallest absolute Gasteiger partial charge is 0.303 e. The number of ether oxygens (including phenoxy) is 3. The van der Waals surface area contributed by atoms with Crippen molar-refractivity contribution in [3.8, 4) is 0 Å². The van der Waals surface area contributed by atoms with Gasteiger partial charge >= 0.3 is 5.97 Å². The summed E-state index contributed by atoms with van der Waals surface area (Å²) in [5.41, 5.74) is 0. The van der Waals surface area contributed by atoms with E-state index in [0.717, 1.165) is 18.8 Å². The normalized spacial score (nSPS) is 42.0. The molecule has 0 aromatic rings. The first kappa shape index (κ1) is 19.1.